The Morgan fingerprint density at radius 1 is 1.17 bits per heavy atom. The van der Waals surface area contributed by atoms with Gasteiger partial charge in [0, 0.05) is 34.9 Å². The molecule has 0 fully saturated rings. The maximum atomic E-state index is 12.3. The number of carbonyl (C=O) groups is 2. The molecule has 0 unspecified atom stereocenters. The Labute approximate surface area is 171 Å². The SMILES string of the molecule is Cc1c(NC(=O)C=Cc2nccs2)cccc1-c1ccc(C(N)=O)c2[nH]ccc12. The van der Waals surface area contributed by atoms with Crippen LogP contribution in [0.5, 0.6) is 0 Å². The van der Waals surface area contributed by atoms with Crippen LogP contribution in [0, 0.1) is 6.92 Å². The average Bonchev–Trinajstić information content (AvgIpc) is 3.39. The monoisotopic (exact) mass is 402 g/mol. The minimum Gasteiger partial charge on any atom is -0.366 e. The molecule has 2 heterocycles. The highest BCUT2D eigenvalue weighted by Crippen LogP contribution is 2.34. The second-order valence-electron chi connectivity index (χ2n) is 6.46. The molecule has 0 bridgehead atoms. The van der Waals surface area contributed by atoms with E-state index in [9.17, 15) is 9.59 Å². The number of amides is 2. The minimum atomic E-state index is -0.478. The van der Waals surface area contributed by atoms with Crippen molar-refractivity contribution in [3.63, 3.8) is 0 Å². The molecule has 4 rings (SSSR count). The molecule has 0 aliphatic carbocycles. The molecule has 144 valence electrons. The van der Waals surface area contributed by atoms with Crippen LogP contribution in [0.4, 0.5) is 5.69 Å². The quantitative estimate of drug-likeness (QED) is 0.433. The standard InChI is InChI=1S/C22H18N4O2S/c1-13-14(15-5-6-17(22(23)28)21-16(15)9-10-25-21)3-2-4-18(13)26-19(27)7-8-20-24-11-12-29-20/h2-12,25H,1H3,(H2,23,28)(H,26,27). The molecule has 0 atom stereocenters. The summed E-state index contributed by atoms with van der Waals surface area (Å²) in [5.74, 6) is -0.704. The smallest absolute Gasteiger partial charge is 0.250 e. The maximum absolute atomic E-state index is 12.3. The van der Waals surface area contributed by atoms with Gasteiger partial charge in [0.25, 0.3) is 5.91 Å². The lowest BCUT2D eigenvalue weighted by Crippen LogP contribution is -2.11. The van der Waals surface area contributed by atoms with Gasteiger partial charge >= 0.3 is 0 Å². The zero-order valence-electron chi connectivity index (χ0n) is 15.6. The number of fused-ring (bicyclic) bond motifs is 1. The van der Waals surface area contributed by atoms with Gasteiger partial charge in [-0.15, -0.1) is 11.3 Å². The van der Waals surface area contributed by atoms with Crippen molar-refractivity contribution in [3.8, 4) is 11.1 Å². The summed E-state index contributed by atoms with van der Waals surface area (Å²) in [6.07, 6.45) is 6.63. The van der Waals surface area contributed by atoms with E-state index in [0.717, 1.165) is 32.8 Å². The van der Waals surface area contributed by atoms with Crippen LogP contribution in [0.15, 0.2) is 60.2 Å². The number of H-pyrrole nitrogens is 1. The number of aromatic amines is 1. The normalized spacial score (nSPS) is 11.2. The fourth-order valence-electron chi connectivity index (χ4n) is 3.30. The van der Waals surface area contributed by atoms with Gasteiger partial charge in [0.05, 0.1) is 11.1 Å². The molecule has 0 aliphatic heterocycles. The number of nitrogens with zero attached hydrogens (tertiary/aromatic N) is 1. The van der Waals surface area contributed by atoms with E-state index in [2.05, 4.69) is 15.3 Å². The second kappa shape index (κ2) is 7.73. The number of hydrogen-bond donors (Lipinski definition) is 3. The van der Waals surface area contributed by atoms with Gasteiger partial charge in [-0.1, -0.05) is 18.2 Å². The van der Waals surface area contributed by atoms with Gasteiger partial charge in [-0.25, -0.2) is 4.98 Å². The summed E-state index contributed by atoms with van der Waals surface area (Å²) in [5.41, 5.74) is 10.2. The summed E-state index contributed by atoms with van der Waals surface area (Å²) in [6.45, 7) is 1.95. The molecule has 0 saturated carbocycles. The lowest BCUT2D eigenvalue weighted by molar-refractivity contribution is -0.111. The van der Waals surface area contributed by atoms with Gasteiger partial charge < -0.3 is 16.0 Å². The molecule has 0 radical (unpaired) electrons. The van der Waals surface area contributed by atoms with Gasteiger partial charge in [0.1, 0.15) is 5.01 Å². The summed E-state index contributed by atoms with van der Waals surface area (Å²) in [7, 11) is 0. The van der Waals surface area contributed by atoms with E-state index in [1.54, 1.807) is 24.5 Å². The average molecular weight is 402 g/mol. The van der Waals surface area contributed by atoms with Gasteiger partial charge in [-0.3, -0.25) is 9.59 Å². The summed E-state index contributed by atoms with van der Waals surface area (Å²) >= 11 is 1.47. The number of rotatable bonds is 5. The predicted octanol–water partition coefficient (Wildman–Crippen LogP) is 4.35. The number of nitrogens with one attached hydrogen (secondary N) is 2. The van der Waals surface area contributed by atoms with Gasteiger partial charge in [-0.05, 0) is 47.9 Å². The number of thiazole rings is 1. The molecule has 2 amide bonds. The summed E-state index contributed by atoms with van der Waals surface area (Å²) in [4.78, 5) is 31.2. The first-order valence-corrected chi connectivity index (χ1v) is 9.81. The van der Waals surface area contributed by atoms with Crippen molar-refractivity contribution in [2.45, 2.75) is 6.92 Å². The number of aromatic nitrogens is 2. The second-order valence-corrected chi connectivity index (χ2v) is 7.39. The molecule has 2 aromatic heterocycles. The lowest BCUT2D eigenvalue weighted by atomic mass is 9.94. The van der Waals surface area contributed by atoms with Crippen molar-refractivity contribution in [2.75, 3.05) is 5.32 Å². The van der Waals surface area contributed by atoms with E-state index in [0.29, 0.717) is 11.1 Å². The van der Waals surface area contributed by atoms with E-state index in [1.165, 1.54) is 17.4 Å². The molecule has 6 nitrogen and oxygen atoms in total. The van der Waals surface area contributed by atoms with Crippen LogP contribution in [0.1, 0.15) is 20.9 Å². The van der Waals surface area contributed by atoms with Crippen LogP contribution < -0.4 is 11.1 Å². The summed E-state index contributed by atoms with van der Waals surface area (Å²) in [6, 6.07) is 11.3. The van der Waals surface area contributed by atoms with Crippen molar-refractivity contribution in [1.82, 2.24) is 9.97 Å². The molecule has 4 aromatic rings. The third kappa shape index (κ3) is 3.68. The lowest BCUT2D eigenvalue weighted by Gasteiger charge is -2.13. The first-order chi connectivity index (χ1) is 14.0. The number of nitrogens with two attached hydrogens (primary N) is 1. The first-order valence-electron chi connectivity index (χ1n) is 8.93. The van der Waals surface area contributed by atoms with Gasteiger partial charge in [0.2, 0.25) is 5.91 Å². The molecule has 2 aromatic carbocycles. The van der Waals surface area contributed by atoms with E-state index >= 15 is 0 Å². The Kier molecular flexibility index (Phi) is 4.97. The third-order valence-corrected chi connectivity index (χ3v) is 5.44. The largest absolute Gasteiger partial charge is 0.366 e. The minimum absolute atomic E-state index is 0.226. The first kappa shape index (κ1) is 18.6. The molecule has 0 aliphatic rings. The zero-order chi connectivity index (χ0) is 20.4. The summed E-state index contributed by atoms with van der Waals surface area (Å²) < 4.78 is 0. The third-order valence-electron chi connectivity index (χ3n) is 4.70. The molecule has 4 N–H and O–H groups in total. The molecular formula is C22H18N4O2S. The number of primary amides is 1. The summed E-state index contributed by atoms with van der Waals surface area (Å²) in [5, 5.41) is 6.45. The fourth-order valence-corrected chi connectivity index (χ4v) is 3.83. The molecular weight excluding hydrogens is 384 g/mol. The number of benzene rings is 2. The number of hydrogen-bond acceptors (Lipinski definition) is 4. The highest BCUT2D eigenvalue weighted by atomic mass is 32.1. The Hall–Kier alpha value is -3.71. The van der Waals surface area contributed by atoms with Crippen molar-refractivity contribution in [3.05, 3.63) is 76.4 Å². The topological polar surface area (TPSA) is 101 Å². The number of carbonyl (C=O) groups excluding carboxylic acids is 2. The van der Waals surface area contributed by atoms with Crippen LogP contribution >= 0.6 is 11.3 Å². The van der Waals surface area contributed by atoms with Crippen LogP contribution in [-0.2, 0) is 4.79 Å². The zero-order valence-corrected chi connectivity index (χ0v) is 16.4. The predicted molar refractivity (Wildman–Crippen MR) is 117 cm³/mol. The van der Waals surface area contributed by atoms with Crippen LogP contribution in [0.2, 0.25) is 0 Å². The highest BCUT2D eigenvalue weighted by Gasteiger charge is 2.15. The maximum Gasteiger partial charge on any atom is 0.250 e. The Morgan fingerprint density at radius 2 is 2.03 bits per heavy atom. The fraction of sp³-hybridized carbons (Fsp3) is 0.0455. The van der Waals surface area contributed by atoms with Crippen LogP contribution in [-0.4, -0.2) is 21.8 Å². The van der Waals surface area contributed by atoms with Crippen molar-refractivity contribution < 1.29 is 9.59 Å². The van der Waals surface area contributed by atoms with E-state index < -0.39 is 5.91 Å². The number of anilines is 1. The van der Waals surface area contributed by atoms with Crippen molar-refractivity contribution in [2.24, 2.45) is 5.73 Å². The Balaban J connectivity index is 1.68. The van der Waals surface area contributed by atoms with Crippen LogP contribution in [0.3, 0.4) is 0 Å². The molecule has 29 heavy (non-hydrogen) atoms. The van der Waals surface area contributed by atoms with Crippen molar-refractivity contribution in [1.29, 1.82) is 0 Å². The molecule has 7 heteroatoms. The Morgan fingerprint density at radius 3 is 2.79 bits per heavy atom. The van der Waals surface area contributed by atoms with E-state index in [-0.39, 0.29) is 5.91 Å². The van der Waals surface area contributed by atoms with Crippen molar-refractivity contribution >= 4 is 45.8 Å². The molecule has 0 spiro atoms. The van der Waals surface area contributed by atoms with E-state index in [4.69, 9.17) is 5.73 Å². The van der Waals surface area contributed by atoms with Gasteiger partial charge in [0.15, 0.2) is 0 Å². The van der Waals surface area contributed by atoms with Gasteiger partial charge in [-0.2, -0.15) is 0 Å². The van der Waals surface area contributed by atoms with E-state index in [1.807, 2.05) is 42.6 Å². The molecule has 0 saturated heterocycles. The van der Waals surface area contributed by atoms with Crippen LogP contribution in [0.25, 0.3) is 28.1 Å². The highest BCUT2D eigenvalue weighted by molar-refractivity contribution is 7.10. The Bertz CT molecular complexity index is 1240.